The molecule has 3 heterocycles. The number of nitrogens with zero attached hydrogens (tertiary/aromatic N) is 3. The van der Waals surface area contributed by atoms with Crippen molar-refractivity contribution in [2.45, 2.75) is 20.5 Å². The lowest BCUT2D eigenvalue weighted by molar-refractivity contribution is -0.0498. The quantitative estimate of drug-likeness (QED) is 0.230. The zero-order chi connectivity index (χ0) is 25.7. The van der Waals surface area contributed by atoms with Crippen molar-refractivity contribution in [3.63, 3.8) is 0 Å². The monoisotopic (exact) mass is 493 g/mol. The second kappa shape index (κ2) is 10.8. The Morgan fingerprint density at radius 2 is 1.72 bits per heavy atom. The van der Waals surface area contributed by atoms with E-state index < -0.39 is 25.0 Å². The minimum Gasteiger partial charge on any atom is -0.454 e. The molecule has 0 aliphatic heterocycles. The van der Waals surface area contributed by atoms with E-state index in [-0.39, 0.29) is 17.2 Å². The Morgan fingerprint density at radius 3 is 2.42 bits per heavy atom. The lowest BCUT2D eigenvalue weighted by Crippen LogP contribution is -2.16. The molecule has 0 aliphatic rings. The number of aromatic nitrogens is 3. The highest BCUT2D eigenvalue weighted by molar-refractivity contribution is 6.01. The van der Waals surface area contributed by atoms with Crippen LogP contribution in [0.25, 0.3) is 5.69 Å². The Labute approximate surface area is 205 Å². The van der Waals surface area contributed by atoms with Crippen molar-refractivity contribution in [2.24, 2.45) is 0 Å². The lowest BCUT2D eigenvalue weighted by Gasteiger charge is -2.11. The summed E-state index contributed by atoms with van der Waals surface area (Å²) in [5.74, 6) is -0.720. The molecule has 0 aliphatic carbocycles. The third-order valence-electron chi connectivity index (χ3n) is 5.23. The van der Waals surface area contributed by atoms with Crippen LogP contribution in [0, 0.1) is 13.8 Å². The minimum absolute atomic E-state index is 0.0281. The maximum atomic E-state index is 12.9. The number of rotatable bonds is 9. The average molecular weight is 493 g/mol. The van der Waals surface area contributed by atoms with Crippen LogP contribution in [-0.2, 0) is 4.74 Å². The summed E-state index contributed by atoms with van der Waals surface area (Å²) in [4.78, 5) is 33.6. The molecule has 0 bridgehead atoms. The van der Waals surface area contributed by atoms with E-state index >= 15 is 0 Å². The average Bonchev–Trinajstić information content (AvgIpc) is 3.17. The van der Waals surface area contributed by atoms with Gasteiger partial charge in [0.05, 0.1) is 6.20 Å². The first-order chi connectivity index (χ1) is 17.3. The van der Waals surface area contributed by atoms with Crippen LogP contribution in [0.15, 0.2) is 73.2 Å². The molecule has 0 saturated carbocycles. The van der Waals surface area contributed by atoms with Crippen LogP contribution in [0.4, 0.5) is 8.78 Å². The van der Waals surface area contributed by atoms with Gasteiger partial charge in [0.1, 0.15) is 17.1 Å². The summed E-state index contributed by atoms with van der Waals surface area (Å²) in [6.07, 6.45) is 4.52. The van der Waals surface area contributed by atoms with Crippen LogP contribution in [-0.4, -0.2) is 39.5 Å². The molecule has 8 nitrogen and oxygen atoms in total. The lowest BCUT2D eigenvalue weighted by atomic mass is 10.1. The number of esters is 1. The van der Waals surface area contributed by atoms with E-state index in [1.807, 2.05) is 0 Å². The highest BCUT2D eigenvalue weighted by Gasteiger charge is 2.21. The minimum atomic E-state index is -2.91. The van der Waals surface area contributed by atoms with Crippen molar-refractivity contribution < 1.29 is 32.6 Å². The molecule has 1 aromatic carbocycles. The predicted octanol–water partition coefficient (Wildman–Crippen LogP) is 5.32. The summed E-state index contributed by atoms with van der Waals surface area (Å²) in [7, 11) is 0. The Morgan fingerprint density at radius 1 is 0.972 bits per heavy atom. The van der Waals surface area contributed by atoms with Crippen LogP contribution in [0.2, 0.25) is 0 Å². The molecule has 0 unspecified atom stereocenters. The zero-order valence-electron chi connectivity index (χ0n) is 19.4. The van der Waals surface area contributed by atoms with Gasteiger partial charge in [-0.25, -0.2) is 9.78 Å². The second-order valence-electron chi connectivity index (χ2n) is 7.64. The molecular weight excluding hydrogens is 472 g/mol. The number of carbonyl (C=O) groups is 2. The number of ether oxygens (including phenoxy) is 3. The third-order valence-corrected chi connectivity index (χ3v) is 5.23. The Hall–Kier alpha value is -4.60. The van der Waals surface area contributed by atoms with Gasteiger partial charge in [-0.3, -0.25) is 9.78 Å². The molecule has 0 atom stereocenters. The van der Waals surface area contributed by atoms with Gasteiger partial charge in [0.15, 0.2) is 6.61 Å². The number of halogens is 2. The molecule has 0 amide bonds. The smallest absolute Gasteiger partial charge is 0.387 e. The summed E-state index contributed by atoms with van der Waals surface area (Å²) in [5.41, 5.74) is 2.44. The van der Waals surface area contributed by atoms with Crippen LogP contribution in [0.1, 0.15) is 32.1 Å². The van der Waals surface area contributed by atoms with E-state index in [1.54, 1.807) is 61.0 Å². The van der Waals surface area contributed by atoms with Gasteiger partial charge in [0.25, 0.3) is 0 Å². The topological polar surface area (TPSA) is 92.5 Å². The molecule has 0 N–H and O–H groups in total. The number of pyridine rings is 2. The summed E-state index contributed by atoms with van der Waals surface area (Å²) in [6.45, 7) is 0.136. The first kappa shape index (κ1) is 24.5. The normalized spacial score (nSPS) is 10.8. The SMILES string of the molecule is Cc1cc(C(=O)COC(=O)c2cccnc2Oc2cccnc2)c(C)n1-c1ccc(OC(F)F)cc1. The van der Waals surface area contributed by atoms with Crippen molar-refractivity contribution in [3.8, 4) is 23.1 Å². The number of alkyl halides is 2. The van der Waals surface area contributed by atoms with Crippen LogP contribution in [0.5, 0.6) is 17.4 Å². The zero-order valence-corrected chi connectivity index (χ0v) is 19.4. The fourth-order valence-electron chi connectivity index (χ4n) is 3.65. The van der Waals surface area contributed by atoms with Crippen LogP contribution in [0.3, 0.4) is 0 Å². The molecule has 10 heteroatoms. The first-order valence-electron chi connectivity index (χ1n) is 10.8. The number of aryl methyl sites for hydroxylation is 1. The Balaban J connectivity index is 1.46. The molecule has 3 aromatic heterocycles. The molecular formula is C26H21F2N3O5. The van der Waals surface area contributed by atoms with Gasteiger partial charge in [0, 0.05) is 35.0 Å². The van der Waals surface area contributed by atoms with E-state index in [9.17, 15) is 18.4 Å². The number of carbonyl (C=O) groups excluding carboxylic acids is 2. The van der Waals surface area contributed by atoms with Crippen molar-refractivity contribution in [2.75, 3.05) is 6.61 Å². The number of hydrogen-bond acceptors (Lipinski definition) is 7. The van der Waals surface area contributed by atoms with Gasteiger partial charge >= 0.3 is 12.6 Å². The number of hydrogen-bond donors (Lipinski definition) is 0. The highest BCUT2D eigenvalue weighted by Crippen LogP contribution is 2.25. The van der Waals surface area contributed by atoms with Gasteiger partial charge in [-0.1, -0.05) is 0 Å². The third kappa shape index (κ3) is 5.54. The van der Waals surface area contributed by atoms with E-state index in [4.69, 9.17) is 9.47 Å². The molecule has 4 aromatic rings. The summed E-state index contributed by atoms with van der Waals surface area (Å²) >= 11 is 0. The van der Waals surface area contributed by atoms with Crippen molar-refractivity contribution in [1.82, 2.24) is 14.5 Å². The van der Waals surface area contributed by atoms with Crippen molar-refractivity contribution in [1.29, 1.82) is 0 Å². The van der Waals surface area contributed by atoms with Crippen LogP contribution >= 0.6 is 0 Å². The highest BCUT2D eigenvalue weighted by atomic mass is 19.3. The molecule has 0 spiro atoms. The standard InChI is InChI=1S/C26H21F2N3O5/c1-16-13-22(17(2)31(16)18-7-9-19(10-8-18)36-26(27)28)23(32)15-34-25(33)21-6-4-12-30-24(21)35-20-5-3-11-29-14-20/h3-14,26H,15H2,1-2H3. The molecule has 0 radical (unpaired) electrons. The van der Waals surface area contributed by atoms with E-state index in [0.717, 1.165) is 5.69 Å². The van der Waals surface area contributed by atoms with Crippen LogP contribution < -0.4 is 9.47 Å². The second-order valence-corrected chi connectivity index (χ2v) is 7.64. The van der Waals surface area contributed by atoms with E-state index in [0.29, 0.717) is 22.7 Å². The van der Waals surface area contributed by atoms with Crippen molar-refractivity contribution >= 4 is 11.8 Å². The van der Waals surface area contributed by atoms with Gasteiger partial charge in [-0.2, -0.15) is 8.78 Å². The predicted molar refractivity (Wildman–Crippen MR) is 125 cm³/mol. The van der Waals surface area contributed by atoms with Gasteiger partial charge in [0.2, 0.25) is 11.7 Å². The number of benzene rings is 1. The largest absolute Gasteiger partial charge is 0.454 e. The molecule has 36 heavy (non-hydrogen) atoms. The van der Waals surface area contributed by atoms with Gasteiger partial charge in [-0.15, -0.1) is 0 Å². The van der Waals surface area contributed by atoms with Gasteiger partial charge in [-0.05, 0) is 68.4 Å². The fourth-order valence-corrected chi connectivity index (χ4v) is 3.65. The van der Waals surface area contributed by atoms with Gasteiger partial charge < -0.3 is 18.8 Å². The number of ketones is 1. The maximum Gasteiger partial charge on any atom is 0.387 e. The maximum absolute atomic E-state index is 12.9. The van der Waals surface area contributed by atoms with E-state index in [1.165, 1.54) is 30.6 Å². The Bertz CT molecular complexity index is 1370. The van der Waals surface area contributed by atoms with Crippen molar-refractivity contribution in [3.05, 3.63) is 95.7 Å². The fraction of sp³-hybridized carbons (Fsp3) is 0.154. The first-order valence-corrected chi connectivity index (χ1v) is 10.8. The molecule has 0 fully saturated rings. The summed E-state index contributed by atoms with van der Waals surface area (Å²) < 4.78 is 41.9. The molecule has 0 saturated heterocycles. The van der Waals surface area contributed by atoms with E-state index in [2.05, 4.69) is 14.7 Å². The summed E-state index contributed by atoms with van der Waals surface area (Å²) in [6, 6.07) is 14.1. The number of Topliss-reactive ketones (excluding diaryl/α,β-unsaturated/α-hetero) is 1. The summed E-state index contributed by atoms with van der Waals surface area (Å²) in [5, 5.41) is 0. The molecule has 4 rings (SSSR count). The molecule has 184 valence electrons. The Kier molecular flexibility index (Phi) is 7.33.